The van der Waals surface area contributed by atoms with E-state index < -0.39 is 0 Å². The first-order valence-corrected chi connectivity index (χ1v) is 7.07. The Bertz CT molecular complexity index is 596. The molecule has 0 spiro atoms. The molecule has 1 atom stereocenters. The summed E-state index contributed by atoms with van der Waals surface area (Å²) in [7, 11) is 0. The normalized spacial score (nSPS) is 12.5. The van der Waals surface area contributed by atoms with Crippen LogP contribution in [0.5, 0.6) is 0 Å². The van der Waals surface area contributed by atoms with Crippen molar-refractivity contribution in [3.05, 3.63) is 68.2 Å². The number of benzene rings is 2. The lowest BCUT2D eigenvalue weighted by Crippen LogP contribution is -2.15. The fourth-order valence-electron chi connectivity index (χ4n) is 2.06. The van der Waals surface area contributed by atoms with E-state index in [2.05, 4.69) is 0 Å². The van der Waals surface area contributed by atoms with Gasteiger partial charge in [-0.05, 0) is 48.2 Å². The summed E-state index contributed by atoms with van der Waals surface area (Å²) in [5.74, 6) is 0. The van der Waals surface area contributed by atoms with Gasteiger partial charge in [-0.3, -0.25) is 0 Å². The van der Waals surface area contributed by atoms with Gasteiger partial charge in [-0.1, -0.05) is 53.0 Å². The van der Waals surface area contributed by atoms with Crippen molar-refractivity contribution >= 4 is 34.8 Å². The van der Waals surface area contributed by atoms with Crippen molar-refractivity contribution in [3.63, 3.8) is 0 Å². The van der Waals surface area contributed by atoms with Crippen LogP contribution in [0.1, 0.15) is 22.7 Å². The summed E-state index contributed by atoms with van der Waals surface area (Å²) in [6.07, 6.45) is 0.626. The van der Waals surface area contributed by atoms with Gasteiger partial charge in [-0.2, -0.15) is 0 Å². The Kier molecular flexibility index (Phi) is 4.75. The third-order valence-corrected chi connectivity index (χ3v) is 4.21. The molecule has 0 radical (unpaired) electrons. The van der Waals surface area contributed by atoms with Crippen LogP contribution in [-0.4, -0.2) is 0 Å². The number of aryl methyl sites for hydroxylation is 1. The largest absolute Gasteiger partial charge is 0.324 e. The van der Waals surface area contributed by atoms with Crippen LogP contribution in [0.4, 0.5) is 0 Å². The molecule has 0 amide bonds. The van der Waals surface area contributed by atoms with Gasteiger partial charge in [-0.15, -0.1) is 0 Å². The Labute approximate surface area is 128 Å². The third-order valence-electron chi connectivity index (χ3n) is 3.11. The molecule has 0 saturated carbocycles. The van der Waals surface area contributed by atoms with E-state index in [9.17, 15) is 0 Å². The number of hydrogen-bond acceptors (Lipinski definition) is 1. The second kappa shape index (κ2) is 6.15. The minimum absolute atomic E-state index is 0.158. The van der Waals surface area contributed by atoms with Crippen molar-refractivity contribution in [1.29, 1.82) is 0 Å². The molecule has 0 bridgehead atoms. The molecule has 2 aromatic carbocycles. The summed E-state index contributed by atoms with van der Waals surface area (Å²) in [5, 5.41) is 1.81. The third kappa shape index (κ3) is 3.43. The van der Waals surface area contributed by atoms with Gasteiger partial charge in [-0.25, -0.2) is 0 Å². The molecule has 1 unspecified atom stereocenters. The quantitative estimate of drug-likeness (QED) is 0.828. The van der Waals surface area contributed by atoms with Crippen molar-refractivity contribution in [2.45, 2.75) is 19.4 Å². The predicted octanol–water partition coefficient (Wildman–Crippen LogP) is 5.20. The van der Waals surface area contributed by atoms with Crippen LogP contribution >= 0.6 is 34.8 Å². The lowest BCUT2D eigenvalue weighted by molar-refractivity contribution is 0.717. The lowest BCUT2D eigenvalue weighted by Gasteiger charge is -2.16. The molecular formula is C15H14Cl3N. The highest BCUT2D eigenvalue weighted by atomic mass is 35.5. The number of nitrogens with two attached hydrogens (primary N) is 1. The van der Waals surface area contributed by atoms with Crippen LogP contribution in [0.15, 0.2) is 36.4 Å². The summed E-state index contributed by atoms with van der Waals surface area (Å²) >= 11 is 18.2. The zero-order valence-electron chi connectivity index (χ0n) is 10.5. The summed E-state index contributed by atoms with van der Waals surface area (Å²) in [4.78, 5) is 0. The Morgan fingerprint density at radius 1 is 1.11 bits per heavy atom. The van der Waals surface area contributed by atoms with E-state index in [4.69, 9.17) is 40.5 Å². The van der Waals surface area contributed by atoms with Gasteiger partial charge in [0.05, 0.1) is 10.0 Å². The van der Waals surface area contributed by atoms with Crippen LogP contribution in [0.2, 0.25) is 15.1 Å². The highest BCUT2D eigenvalue weighted by Gasteiger charge is 2.13. The molecule has 4 heteroatoms. The highest BCUT2D eigenvalue weighted by Crippen LogP contribution is 2.30. The van der Waals surface area contributed by atoms with Gasteiger partial charge in [0.15, 0.2) is 0 Å². The summed E-state index contributed by atoms with van der Waals surface area (Å²) in [6.45, 7) is 2.02. The predicted molar refractivity (Wildman–Crippen MR) is 83.3 cm³/mol. The molecule has 0 heterocycles. The standard InChI is InChI=1S/C15H14Cl3N/c1-9-5-6-11(16)8-12(9)14(19)7-10-3-2-4-13(17)15(10)18/h2-6,8,14H,7,19H2,1H3. The lowest BCUT2D eigenvalue weighted by atomic mass is 9.96. The van der Waals surface area contributed by atoms with E-state index in [-0.39, 0.29) is 6.04 Å². The molecule has 0 aromatic heterocycles. The van der Waals surface area contributed by atoms with E-state index in [0.717, 1.165) is 16.7 Å². The smallest absolute Gasteiger partial charge is 0.0624 e. The topological polar surface area (TPSA) is 26.0 Å². The number of hydrogen-bond donors (Lipinski definition) is 1. The first-order chi connectivity index (χ1) is 8.99. The average Bonchev–Trinajstić information content (AvgIpc) is 2.38. The van der Waals surface area contributed by atoms with Crippen molar-refractivity contribution in [1.82, 2.24) is 0 Å². The van der Waals surface area contributed by atoms with Crippen molar-refractivity contribution in [3.8, 4) is 0 Å². The Balaban J connectivity index is 2.28. The van der Waals surface area contributed by atoms with Crippen LogP contribution in [0.25, 0.3) is 0 Å². The minimum atomic E-state index is -0.158. The summed E-state index contributed by atoms with van der Waals surface area (Å²) in [6, 6.07) is 11.2. The van der Waals surface area contributed by atoms with Crippen molar-refractivity contribution in [2.24, 2.45) is 5.73 Å². The zero-order chi connectivity index (χ0) is 14.0. The maximum absolute atomic E-state index is 6.26. The molecule has 0 aliphatic heterocycles. The van der Waals surface area contributed by atoms with E-state index in [0.29, 0.717) is 21.5 Å². The van der Waals surface area contributed by atoms with Crippen LogP contribution in [0.3, 0.4) is 0 Å². The second-order valence-corrected chi connectivity index (χ2v) is 5.75. The van der Waals surface area contributed by atoms with E-state index >= 15 is 0 Å². The zero-order valence-corrected chi connectivity index (χ0v) is 12.7. The molecule has 2 rings (SSSR count). The SMILES string of the molecule is Cc1ccc(Cl)cc1C(N)Cc1cccc(Cl)c1Cl. The van der Waals surface area contributed by atoms with Crippen molar-refractivity contribution in [2.75, 3.05) is 0 Å². The first-order valence-electron chi connectivity index (χ1n) is 5.93. The Morgan fingerprint density at radius 3 is 2.58 bits per heavy atom. The van der Waals surface area contributed by atoms with Gasteiger partial charge in [0, 0.05) is 11.1 Å². The van der Waals surface area contributed by atoms with Gasteiger partial charge in [0.1, 0.15) is 0 Å². The van der Waals surface area contributed by atoms with E-state index in [1.54, 1.807) is 6.07 Å². The maximum Gasteiger partial charge on any atom is 0.0624 e. The van der Waals surface area contributed by atoms with Crippen molar-refractivity contribution < 1.29 is 0 Å². The molecule has 19 heavy (non-hydrogen) atoms. The second-order valence-electron chi connectivity index (χ2n) is 4.52. The molecule has 0 aliphatic rings. The summed E-state index contributed by atoms with van der Waals surface area (Å²) < 4.78 is 0. The van der Waals surface area contributed by atoms with Gasteiger partial charge >= 0.3 is 0 Å². The molecular weight excluding hydrogens is 301 g/mol. The monoisotopic (exact) mass is 313 g/mol. The number of rotatable bonds is 3. The fourth-order valence-corrected chi connectivity index (χ4v) is 2.64. The molecule has 2 aromatic rings. The van der Waals surface area contributed by atoms with Gasteiger partial charge in [0.25, 0.3) is 0 Å². The molecule has 0 aliphatic carbocycles. The Morgan fingerprint density at radius 2 is 1.84 bits per heavy atom. The van der Waals surface area contributed by atoms with E-state index in [1.807, 2.05) is 37.3 Å². The van der Waals surface area contributed by atoms with E-state index in [1.165, 1.54) is 0 Å². The Hall–Kier alpha value is -0.730. The van der Waals surface area contributed by atoms with Gasteiger partial charge < -0.3 is 5.73 Å². The first kappa shape index (κ1) is 14.7. The van der Waals surface area contributed by atoms with Gasteiger partial charge in [0.2, 0.25) is 0 Å². The van der Waals surface area contributed by atoms with Crippen LogP contribution < -0.4 is 5.73 Å². The summed E-state index contributed by atoms with van der Waals surface area (Å²) in [5.41, 5.74) is 9.35. The maximum atomic E-state index is 6.26. The van der Waals surface area contributed by atoms with Crippen LogP contribution in [-0.2, 0) is 6.42 Å². The van der Waals surface area contributed by atoms with Crippen LogP contribution in [0, 0.1) is 6.92 Å². The molecule has 2 N–H and O–H groups in total. The molecule has 0 saturated heterocycles. The highest BCUT2D eigenvalue weighted by molar-refractivity contribution is 6.42. The average molecular weight is 315 g/mol. The molecule has 1 nitrogen and oxygen atoms in total. The fraction of sp³-hybridized carbons (Fsp3) is 0.200. The number of halogens is 3. The molecule has 0 fully saturated rings. The molecule has 100 valence electrons. The minimum Gasteiger partial charge on any atom is -0.324 e.